The van der Waals surface area contributed by atoms with Crippen LogP contribution in [0.5, 0.6) is 5.75 Å². The lowest BCUT2D eigenvalue weighted by molar-refractivity contribution is -0.118. The number of carbonyl (C=O) groups is 2. The van der Waals surface area contributed by atoms with Gasteiger partial charge in [0.25, 0.3) is 5.91 Å². The van der Waals surface area contributed by atoms with Crippen LogP contribution in [0, 0.1) is 0 Å². The van der Waals surface area contributed by atoms with Crippen LogP contribution >= 0.6 is 11.6 Å². The van der Waals surface area contributed by atoms with Gasteiger partial charge in [0.15, 0.2) is 11.5 Å². The summed E-state index contributed by atoms with van der Waals surface area (Å²) in [7, 11) is 0. The van der Waals surface area contributed by atoms with Gasteiger partial charge in [-0.15, -0.1) is 0 Å². The molecule has 0 bridgehead atoms. The minimum Gasteiger partial charge on any atom is -0.506 e. The standard InChI is InChI=1S/C24H19ClN2O4/c25-17-7-9-19(28)18(14-17)27-22(16-10-12-26-13-11-16)21(23(30)24(27)31)20(29)8-6-15-4-2-1-3-5-15/h1-5,7,9-14,22,28,30H,6,8H2. The molecule has 2 N–H and O–H groups in total. The Labute approximate surface area is 184 Å². The minimum absolute atomic E-state index is 0.00786. The molecule has 3 aromatic rings. The molecule has 1 aromatic heterocycles. The van der Waals surface area contributed by atoms with Gasteiger partial charge in [-0.05, 0) is 47.9 Å². The first-order chi connectivity index (χ1) is 15.0. The molecule has 4 rings (SSSR count). The molecule has 2 aromatic carbocycles. The molecule has 1 atom stereocenters. The third-order valence-electron chi connectivity index (χ3n) is 5.21. The highest BCUT2D eigenvalue weighted by Gasteiger charge is 2.44. The van der Waals surface area contributed by atoms with Crippen LogP contribution in [-0.4, -0.2) is 26.9 Å². The van der Waals surface area contributed by atoms with E-state index in [9.17, 15) is 19.8 Å². The van der Waals surface area contributed by atoms with E-state index in [1.54, 1.807) is 12.1 Å². The lowest BCUT2D eigenvalue weighted by Crippen LogP contribution is -2.31. The number of phenolic OH excluding ortho intramolecular Hbond substituents is 1. The lowest BCUT2D eigenvalue weighted by Gasteiger charge is -2.27. The van der Waals surface area contributed by atoms with E-state index in [2.05, 4.69) is 4.98 Å². The molecule has 0 saturated carbocycles. The molecular formula is C24H19ClN2O4. The number of aliphatic hydroxyl groups excluding tert-OH is 1. The summed E-state index contributed by atoms with van der Waals surface area (Å²) in [6.07, 6.45) is 3.66. The number of nitrogens with zero attached hydrogens (tertiary/aromatic N) is 2. The molecule has 156 valence electrons. The number of aromatic nitrogens is 1. The second-order valence-corrected chi connectivity index (χ2v) is 7.60. The average molecular weight is 435 g/mol. The summed E-state index contributed by atoms with van der Waals surface area (Å²) in [5, 5.41) is 21.4. The summed E-state index contributed by atoms with van der Waals surface area (Å²) in [6, 6.07) is 16.2. The Morgan fingerprint density at radius 1 is 1.03 bits per heavy atom. The zero-order chi connectivity index (χ0) is 22.0. The van der Waals surface area contributed by atoms with E-state index in [0.717, 1.165) is 5.56 Å². The molecule has 0 saturated heterocycles. The number of rotatable bonds is 6. The minimum atomic E-state index is -0.914. The number of hydrogen-bond donors (Lipinski definition) is 2. The van der Waals surface area contributed by atoms with Gasteiger partial charge < -0.3 is 10.2 Å². The van der Waals surface area contributed by atoms with Crippen molar-refractivity contribution in [2.24, 2.45) is 0 Å². The molecular weight excluding hydrogens is 416 g/mol. The van der Waals surface area contributed by atoms with Gasteiger partial charge in [0.2, 0.25) is 0 Å². The van der Waals surface area contributed by atoms with Crippen LogP contribution in [0.1, 0.15) is 23.6 Å². The van der Waals surface area contributed by atoms with Crippen LogP contribution in [0.15, 0.2) is 84.4 Å². The van der Waals surface area contributed by atoms with E-state index in [4.69, 9.17) is 11.6 Å². The molecule has 31 heavy (non-hydrogen) atoms. The number of ketones is 1. The number of phenols is 1. The van der Waals surface area contributed by atoms with E-state index >= 15 is 0 Å². The number of aromatic hydroxyl groups is 1. The Kier molecular flexibility index (Phi) is 5.73. The third-order valence-corrected chi connectivity index (χ3v) is 5.45. The number of pyridine rings is 1. The van der Waals surface area contributed by atoms with Crippen LogP contribution in [0.3, 0.4) is 0 Å². The SMILES string of the molecule is O=C(CCc1ccccc1)C1=C(O)C(=O)N(c2cc(Cl)ccc2O)C1c1ccncc1. The fourth-order valence-corrected chi connectivity index (χ4v) is 3.89. The number of benzene rings is 2. The number of carbonyl (C=O) groups excluding carboxylic acids is 2. The Hall–Kier alpha value is -3.64. The van der Waals surface area contributed by atoms with E-state index in [0.29, 0.717) is 17.0 Å². The first kappa shape index (κ1) is 20.6. The summed E-state index contributed by atoms with van der Waals surface area (Å²) in [4.78, 5) is 31.4. The van der Waals surface area contributed by atoms with Gasteiger partial charge in [-0.3, -0.25) is 19.5 Å². The quantitative estimate of drug-likeness (QED) is 0.594. The highest BCUT2D eigenvalue weighted by Crippen LogP contribution is 2.44. The van der Waals surface area contributed by atoms with E-state index < -0.39 is 17.7 Å². The van der Waals surface area contributed by atoms with Crippen molar-refractivity contribution in [2.45, 2.75) is 18.9 Å². The highest BCUT2D eigenvalue weighted by atomic mass is 35.5. The number of aryl methyl sites for hydroxylation is 1. The fraction of sp³-hybridized carbons (Fsp3) is 0.125. The van der Waals surface area contributed by atoms with Crippen LogP contribution < -0.4 is 4.90 Å². The predicted octanol–water partition coefficient (Wildman–Crippen LogP) is 4.54. The summed E-state index contributed by atoms with van der Waals surface area (Å²) >= 11 is 6.09. The van der Waals surface area contributed by atoms with Crippen molar-refractivity contribution in [1.82, 2.24) is 4.98 Å². The highest BCUT2D eigenvalue weighted by molar-refractivity contribution is 6.31. The molecule has 0 radical (unpaired) electrons. The van der Waals surface area contributed by atoms with Crippen LogP contribution in [0.25, 0.3) is 0 Å². The van der Waals surface area contributed by atoms with Crippen LogP contribution in [-0.2, 0) is 16.0 Å². The number of anilines is 1. The maximum absolute atomic E-state index is 13.2. The fourth-order valence-electron chi connectivity index (χ4n) is 3.73. The zero-order valence-electron chi connectivity index (χ0n) is 16.4. The summed E-state index contributed by atoms with van der Waals surface area (Å²) in [6.45, 7) is 0. The first-order valence-corrected chi connectivity index (χ1v) is 10.1. The Bertz CT molecular complexity index is 1160. The third kappa shape index (κ3) is 4.02. The second kappa shape index (κ2) is 8.62. The van der Waals surface area contributed by atoms with Crippen LogP contribution in [0.2, 0.25) is 5.02 Å². The average Bonchev–Trinajstić information content (AvgIpc) is 3.06. The zero-order valence-corrected chi connectivity index (χ0v) is 17.2. The molecule has 6 nitrogen and oxygen atoms in total. The molecule has 1 unspecified atom stereocenters. The topological polar surface area (TPSA) is 90.7 Å². The van der Waals surface area contributed by atoms with Gasteiger partial charge in [-0.25, -0.2) is 0 Å². The number of amides is 1. The summed E-state index contributed by atoms with van der Waals surface area (Å²) in [5.41, 5.74) is 1.66. The number of aliphatic hydroxyl groups is 1. The second-order valence-electron chi connectivity index (χ2n) is 7.16. The van der Waals surface area contributed by atoms with Gasteiger partial charge >= 0.3 is 0 Å². The molecule has 1 amide bonds. The summed E-state index contributed by atoms with van der Waals surface area (Å²) in [5.74, 6) is -1.94. The lowest BCUT2D eigenvalue weighted by atomic mass is 9.93. The molecule has 0 fully saturated rings. The van der Waals surface area contributed by atoms with Gasteiger partial charge in [0.1, 0.15) is 5.75 Å². The van der Waals surface area contributed by atoms with Gasteiger partial charge in [-0.2, -0.15) is 0 Å². The normalized spacial score (nSPS) is 16.1. The van der Waals surface area contributed by atoms with Crippen molar-refractivity contribution in [3.05, 3.63) is 101 Å². The van der Waals surface area contributed by atoms with Gasteiger partial charge in [-0.1, -0.05) is 41.9 Å². The molecule has 7 heteroatoms. The smallest absolute Gasteiger partial charge is 0.294 e. The monoisotopic (exact) mass is 434 g/mol. The van der Waals surface area contributed by atoms with Crippen molar-refractivity contribution in [2.75, 3.05) is 4.90 Å². The maximum atomic E-state index is 13.2. The molecule has 0 spiro atoms. The number of halogens is 1. The van der Waals surface area contributed by atoms with Crippen LogP contribution in [0.4, 0.5) is 5.69 Å². The van der Waals surface area contributed by atoms with Crippen molar-refractivity contribution in [3.63, 3.8) is 0 Å². The van der Waals surface area contributed by atoms with E-state index in [1.165, 1.54) is 35.5 Å². The summed E-state index contributed by atoms with van der Waals surface area (Å²) < 4.78 is 0. The van der Waals surface area contributed by atoms with Crippen molar-refractivity contribution in [1.29, 1.82) is 0 Å². The number of hydrogen-bond acceptors (Lipinski definition) is 5. The molecule has 1 aliphatic heterocycles. The predicted molar refractivity (Wildman–Crippen MR) is 117 cm³/mol. The van der Waals surface area contributed by atoms with E-state index in [1.807, 2.05) is 30.3 Å². The Morgan fingerprint density at radius 2 is 1.74 bits per heavy atom. The molecule has 1 aliphatic rings. The number of Topliss-reactive ketones (excluding diaryl/α,β-unsaturated/α-hetero) is 1. The molecule has 2 heterocycles. The largest absolute Gasteiger partial charge is 0.506 e. The van der Waals surface area contributed by atoms with Crippen molar-refractivity contribution < 1.29 is 19.8 Å². The van der Waals surface area contributed by atoms with Gasteiger partial charge in [0.05, 0.1) is 17.3 Å². The molecule has 0 aliphatic carbocycles. The maximum Gasteiger partial charge on any atom is 0.294 e. The van der Waals surface area contributed by atoms with Crippen molar-refractivity contribution >= 4 is 29.0 Å². The Morgan fingerprint density at radius 3 is 2.45 bits per heavy atom. The Balaban J connectivity index is 1.75. The van der Waals surface area contributed by atoms with Gasteiger partial charge in [0, 0.05) is 23.8 Å². The first-order valence-electron chi connectivity index (χ1n) is 9.69. The van der Waals surface area contributed by atoms with E-state index in [-0.39, 0.29) is 29.2 Å². The van der Waals surface area contributed by atoms with Crippen molar-refractivity contribution in [3.8, 4) is 5.75 Å².